The van der Waals surface area contributed by atoms with Crippen molar-refractivity contribution in [1.29, 1.82) is 0 Å². The van der Waals surface area contributed by atoms with Crippen LogP contribution in [-0.2, 0) is 24.3 Å². The van der Waals surface area contributed by atoms with Crippen molar-refractivity contribution in [2.45, 2.75) is 50.5 Å². The zero-order valence-electron chi connectivity index (χ0n) is 16.5. The Morgan fingerprint density at radius 2 is 1.61 bits per heavy atom. The SMILES string of the molecule is Cc1ccc(S(=O)(=O)N2CCC(C(=O)O[C@H](C)C(=O)N3CCCC3)CC2)cc1. The Labute approximate surface area is 166 Å². The van der Waals surface area contributed by atoms with Crippen molar-refractivity contribution in [1.82, 2.24) is 9.21 Å². The van der Waals surface area contributed by atoms with Crippen LogP contribution in [0.2, 0.25) is 0 Å². The number of aryl methyl sites for hydroxylation is 1. The third-order valence-corrected chi connectivity index (χ3v) is 7.42. The summed E-state index contributed by atoms with van der Waals surface area (Å²) in [4.78, 5) is 26.7. The standard InChI is InChI=1S/C20H28N2O5S/c1-15-5-7-18(8-6-15)28(25,26)22-13-9-17(10-14-22)20(24)27-16(2)19(23)21-11-3-4-12-21/h5-8,16-17H,3-4,9-14H2,1-2H3/t16-/m1/s1. The maximum absolute atomic E-state index is 12.7. The highest BCUT2D eigenvalue weighted by atomic mass is 32.2. The van der Waals surface area contributed by atoms with Gasteiger partial charge in [-0.15, -0.1) is 0 Å². The molecule has 2 fully saturated rings. The quantitative estimate of drug-likeness (QED) is 0.696. The lowest BCUT2D eigenvalue weighted by Crippen LogP contribution is -2.43. The van der Waals surface area contributed by atoms with E-state index in [2.05, 4.69) is 0 Å². The Balaban J connectivity index is 1.53. The third kappa shape index (κ3) is 4.55. The zero-order valence-corrected chi connectivity index (χ0v) is 17.3. The molecule has 1 atom stereocenters. The van der Waals surface area contributed by atoms with E-state index >= 15 is 0 Å². The molecule has 7 nitrogen and oxygen atoms in total. The lowest BCUT2D eigenvalue weighted by Gasteiger charge is -2.31. The van der Waals surface area contributed by atoms with E-state index in [1.807, 2.05) is 6.92 Å². The number of amides is 1. The normalized spacial score (nSPS) is 20.1. The smallest absolute Gasteiger partial charge is 0.309 e. The molecular formula is C20H28N2O5S. The van der Waals surface area contributed by atoms with Crippen molar-refractivity contribution in [3.05, 3.63) is 29.8 Å². The number of nitrogens with zero attached hydrogens (tertiary/aromatic N) is 2. The summed E-state index contributed by atoms with van der Waals surface area (Å²) in [6.45, 7) is 5.49. The van der Waals surface area contributed by atoms with Crippen LogP contribution in [0.25, 0.3) is 0 Å². The molecule has 1 aromatic rings. The molecule has 2 saturated heterocycles. The van der Waals surface area contributed by atoms with Gasteiger partial charge >= 0.3 is 5.97 Å². The first-order valence-electron chi connectivity index (χ1n) is 9.85. The molecule has 0 saturated carbocycles. The number of ether oxygens (including phenoxy) is 1. The minimum absolute atomic E-state index is 0.148. The molecule has 0 spiro atoms. The van der Waals surface area contributed by atoms with E-state index in [9.17, 15) is 18.0 Å². The van der Waals surface area contributed by atoms with E-state index in [4.69, 9.17) is 4.74 Å². The second-order valence-corrected chi connectivity index (χ2v) is 9.54. The second kappa shape index (κ2) is 8.61. The van der Waals surface area contributed by atoms with Crippen molar-refractivity contribution < 1.29 is 22.7 Å². The molecule has 28 heavy (non-hydrogen) atoms. The molecule has 0 aliphatic carbocycles. The van der Waals surface area contributed by atoms with Gasteiger partial charge in [0, 0.05) is 26.2 Å². The predicted octanol–water partition coefficient (Wildman–Crippen LogP) is 1.95. The molecule has 0 bridgehead atoms. The van der Waals surface area contributed by atoms with Crippen molar-refractivity contribution in [3.8, 4) is 0 Å². The minimum atomic E-state index is -3.56. The van der Waals surface area contributed by atoms with Crippen molar-refractivity contribution >= 4 is 21.9 Å². The molecule has 0 unspecified atom stereocenters. The molecule has 1 amide bonds. The van der Waals surface area contributed by atoms with E-state index in [0.29, 0.717) is 12.8 Å². The van der Waals surface area contributed by atoms with Crippen LogP contribution in [0.3, 0.4) is 0 Å². The summed E-state index contributed by atoms with van der Waals surface area (Å²) in [5, 5.41) is 0. The van der Waals surface area contributed by atoms with Crippen LogP contribution in [0.4, 0.5) is 0 Å². The summed E-state index contributed by atoms with van der Waals surface area (Å²) in [6, 6.07) is 6.76. The highest BCUT2D eigenvalue weighted by Crippen LogP contribution is 2.25. The summed E-state index contributed by atoms with van der Waals surface area (Å²) in [5.41, 5.74) is 0.998. The number of benzene rings is 1. The van der Waals surface area contributed by atoms with Gasteiger partial charge in [-0.25, -0.2) is 8.42 Å². The molecular weight excluding hydrogens is 380 g/mol. The predicted molar refractivity (Wildman–Crippen MR) is 104 cm³/mol. The van der Waals surface area contributed by atoms with Crippen LogP contribution < -0.4 is 0 Å². The van der Waals surface area contributed by atoms with Gasteiger partial charge in [-0.05, 0) is 51.7 Å². The van der Waals surface area contributed by atoms with E-state index in [0.717, 1.165) is 31.5 Å². The second-order valence-electron chi connectivity index (χ2n) is 7.60. The molecule has 0 radical (unpaired) electrons. The van der Waals surface area contributed by atoms with Gasteiger partial charge in [0.1, 0.15) is 0 Å². The van der Waals surface area contributed by atoms with E-state index in [-0.39, 0.29) is 29.8 Å². The van der Waals surface area contributed by atoms with Crippen molar-refractivity contribution in [3.63, 3.8) is 0 Å². The Hall–Kier alpha value is -1.93. The molecule has 0 aromatic heterocycles. The maximum atomic E-state index is 12.7. The molecule has 154 valence electrons. The third-order valence-electron chi connectivity index (χ3n) is 5.50. The highest BCUT2D eigenvalue weighted by molar-refractivity contribution is 7.89. The lowest BCUT2D eigenvalue weighted by molar-refractivity contribution is -0.163. The highest BCUT2D eigenvalue weighted by Gasteiger charge is 2.34. The van der Waals surface area contributed by atoms with Gasteiger partial charge < -0.3 is 9.64 Å². The van der Waals surface area contributed by atoms with Crippen molar-refractivity contribution in [2.75, 3.05) is 26.2 Å². The minimum Gasteiger partial charge on any atom is -0.452 e. The molecule has 3 rings (SSSR count). The van der Waals surface area contributed by atoms with Crippen LogP contribution in [0.1, 0.15) is 38.2 Å². The number of hydrogen-bond donors (Lipinski definition) is 0. The largest absolute Gasteiger partial charge is 0.452 e. The summed E-state index contributed by atoms with van der Waals surface area (Å²) >= 11 is 0. The topological polar surface area (TPSA) is 84.0 Å². The Morgan fingerprint density at radius 1 is 1.04 bits per heavy atom. The molecule has 2 heterocycles. The monoisotopic (exact) mass is 408 g/mol. The Bertz CT molecular complexity index is 808. The fourth-order valence-electron chi connectivity index (χ4n) is 3.71. The Morgan fingerprint density at radius 3 is 2.18 bits per heavy atom. The van der Waals surface area contributed by atoms with Crippen LogP contribution in [-0.4, -0.2) is 61.8 Å². The average molecular weight is 409 g/mol. The van der Waals surface area contributed by atoms with Crippen LogP contribution in [0.15, 0.2) is 29.2 Å². The first kappa shape index (κ1) is 20.8. The number of piperidine rings is 1. The summed E-state index contributed by atoms with van der Waals surface area (Å²) in [5.74, 6) is -0.934. The number of esters is 1. The van der Waals surface area contributed by atoms with E-state index in [1.165, 1.54) is 4.31 Å². The molecule has 2 aliphatic heterocycles. The molecule has 8 heteroatoms. The number of hydrogen-bond acceptors (Lipinski definition) is 5. The zero-order chi connectivity index (χ0) is 20.3. The summed E-state index contributed by atoms with van der Waals surface area (Å²) < 4.78 is 32.3. The van der Waals surface area contributed by atoms with Gasteiger partial charge in [0.2, 0.25) is 10.0 Å². The van der Waals surface area contributed by atoms with Crippen LogP contribution in [0.5, 0.6) is 0 Å². The van der Waals surface area contributed by atoms with Gasteiger partial charge in [-0.2, -0.15) is 4.31 Å². The fourth-order valence-corrected chi connectivity index (χ4v) is 5.18. The molecule has 1 aromatic carbocycles. The average Bonchev–Trinajstić information content (AvgIpc) is 3.22. The number of carbonyl (C=O) groups excluding carboxylic acids is 2. The number of carbonyl (C=O) groups is 2. The maximum Gasteiger partial charge on any atom is 0.309 e. The van der Waals surface area contributed by atoms with Gasteiger partial charge in [0.25, 0.3) is 5.91 Å². The van der Waals surface area contributed by atoms with Crippen LogP contribution >= 0.6 is 0 Å². The number of sulfonamides is 1. The molecule has 0 N–H and O–H groups in total. The first-order chi connectivity index (χ1) is 13.3. The van der Waals surface area contributed by atoms with Crippen molar-refractivity contribution in [2.24, 2.45) is 5.92 Å². The first-order valence-corrected chi connectivity index (χ1v) is 11.3. The lowest BCUT2D eigenvalue weighted by atomic mass is 9.98. The van der Waals surface area contributed by atoms with E-state index < -0.39 is 22.1 Å². The van der Waals surface area contributed by atoms with Gasteiger partial charge in [0.05, 0.1) is 10.8 Å². The van der Waals surface area contributed by atoms with Crippen LogP contribution in [0, 0.1) is 12.8 Å². The number of likely N-dealkylation sites (tertiary alicyclic amines) is 1. The molecule has 2 aliphatic rings. The fraction of sp³-hybridized carbons (Fsp3) is 0.600. The number of rotatable bonds is 5. The Kier molecular flexibility index (Phi) is 6.40. The van der Waals surface area contributed by atoms with Gasteiger partial charge in [-0.1, -0.05) is 17.7 Å². The summed E-state index contributed by atoms with van der Waals surface area (Å²) in [6.07, 6.45) is 1.98. The van der Waals surface area contributed by atoms with Gasteiger partial charge in [-0.3, -0.25) is 9.59 Å². The van der Waals surface area contributed by atoms with Gasteiger partial charge in [0.15, 0.2) is 6.10 Å². The summed E-state index contributed by atoms with van der Waals surface area (Å²) in [7, 11) is -3.56. The van der Waals surface area contributed by atoms with E-state index in [1.54, 1.807) is 36.1 Å².